The van der Waals surface area contributed by atoms with E-state index in [1.165, 1.54) is 25.3 Å². The van der Waals surface area contributed by atoms with Crippen LogP contribution in [-0.2, 0) is 16.0 Å². The number of hydrogen-bond donors (Lipinski definition) is 3. The Morgan fingerprint density at radius 2 is 1.92 bits per heavy atom. The predicted molar refractivity (Wildman–Crippen MR) is 98.9 cm³/mol. The summed E-state index contributed by atoms with van der Waals surface area (Å²) in [6, 6.07) is 6.08. The van der Waals surface area contributed by atoms with E-state index in [9.17, 15) is 14.4 Å². The quantitative estimate of drug-likeness (QED) is 0.664. The van der Waals surface area contributed by atoms with Crippen LogP contribution in [0.15, 0.2) is 24.3 Å². The fourth-order valence-electron chi connectivity index (χ4n) is 3.36. The summed E-state index contributed by atoms with van der Waals surface area (Å²) in [5.41, 5.74) is 1.08. The first-order chi connectivity index (χ1) is 12.5. The van der Waals surface area contributed by atoms with Gasteiger partial charge in [0.1, 0.15) is 6.04 Å². The van der Waals surface area contributed by atoms with E-state index in [0.29, 0.717) is 25.3 Å². The standard InChI is InChI=1S/C20H28N2O4/c1-14(22-18(23)13-15-6-3-2-4-7-15)19(24)21-11-10-16-8-5-9-17(12-16)20(25)26/h5,8-9,12,14-15H,2-4,6-7,10-11,13H2,1H3,(H,21,24)(H,22,23)(H,25,26). The minimum absolute atomic E-state index is 0.0614. The second kappa shape index (κ2) is 9.94. The van der Waals surface area contributed by atoms with Gasteiger partial charge in [-0.15, -0.1) is 0 Å². The van der Waals surface area contributed by atoms with E-state index in [0.717, 1.165) is 18.4 Å². The molecule has 0 bridgehead atoms. The lowest BCUT2D eigenvalue weighted by molar-refractivity contribution is -0.129. The van der Waals surface area contributed by atoms with Crippen LogP contribution in [0.4, 0.5) is 0 Å². The Morgan fingerprint density at radius 1 is 1.19 bits per heavy atom. The van der Waals surface area contributed by atoms with Crippen LogP contribution < -0.4 is 10.6 Å². The number of carbonyl (C=O) groups excluding carboxylic acids is 2. The second-order valence-corrected chi connectivity index (χ2v) is 7.04. The van der Waals surface area contributed by atoms with E-state index in [2.05, 4.69) is 10.6 Å². The molecule has 1 aliphatic carbocycles. The van der Waals surface area contributed by atoms with Crippen LogP contribution in [0.1, 0.15) is 61.4 Å². The Balaban J connectivity index is 1.70. The number of carboxylic acids is 1. The van der Waals surface area contributed by atoms with Gasteiger partial charge in [-0.2, -0.15) is 0 Å². The van der Waals surface area contributed by atoms with Gasteiger partial charge in [0.25, 0.3) is 0 Å². The monoisotopic (exact) mass is 360 g/mol. The molecule has 0 heterocycles. The normalized spacial score (nSPS) is 15.9. The first kappa shape index (κ1) is 19.9. The lowest BCUT2D eigenvalue weighted by atomic mass is 9.87. The lowest BCUT2D eigenvalue weighted by Crippen LogP contribution is -2.45. The third kappa shape index (κ3) is 6.50. The SMILES string of the molecule is CC(NC(=O)CC1CCCCC1)C(=O)NCCc1cccc(C(=O)O)c1. The van der Waals surface area contributed by atoms with Crippen molar-refractivity contribution >= 4 is 17.8 Å². The van der Waals surface area contributed by atoms with Crippen molar-refractivity contribution in [3.8, 4) is 0 Å². The number of aromatic carboxylic acids is 1. The van der Waals surface area contributed by atoms with Gasteiger partial charge in [-0.1, -0.05) is 31.4 Å². The van der Waals surface area contributed by atoms with Crippen molar-refractivity contribution in [3.05, 3.63) is 35.4 Å². The Labute approximate surface area is 154 Å². The van der Waals surface area contributed by atoms with Gasteiger partial charge in [0.05, 0.1) is 5.56 Å². The first-order valence-electron chi connectivity index (χ1n) is 9.35. The maximum Gasteiger partial charge on any atom is 0.335 e. The van der Waals surface area contributed by atoms with Gasteiger partial charge >= 0.3 is 5.97 Å². The van der Waals surface area contributed by atoms with E-state index in [-0.39, 0.29) is 17.4 Å². The molecule has 0 aliphatic heterocycles. The summed E-state index contributed by atoms with van der Waals surface area (Å²) < 4.78 is 0. The second-order valence-electron chi connectivity index (χ2n) is 7.04. The molecule has 1 saturated carbocycles. The van der Waals surface area contributed by atoms with E-state index < -0.39 is 12.0 Å². The Kier molecular flexibility index (Phi) is 7.63. The van der Waals surface area contributed by atoms with Crippen molar-refractivity contribution in [1.29, 1.82) is 0 Å². The summed E-state index contributed by atoms with van der Waals surface area (Å²) in [6.07, 6.45) is 6.88. The van der Waals surface area contributed by atoms with Crippen LogP contribution in [0.25, 0.3) is 0 Å². The van der Waals surface area contributed by atoms with Gasteiger partial charge in [0.15, 0.2) is 0 Å². The van der Waals surface area contributed by atoms with E-state index in [1.807, 2.05) is 6.07 Å². The zero-order chi connectivity index (χ0) is 18.9. The van der Waals surface area contributed by atoms with Gasteiger partial charge < -0.3 is 15.7 Å². The molecule has 1 atom stereocenters. The molecule has 0 radical (unpaired) electrons. The Bertz CT molecular complexity index is 638. The van der Waals surface area contributed by atoms with Gasteiger partial charge in [-0.05, 0) is 49.8 Å². The summed E-state index contributed by atoms with van der Waals surface area (Å²) in [6.45, 7) is 2.07. The summed E-state index contributed by atoms with van der Waals surface area (Å²) in [7, 11) is 0. The highest BCUT2D eigenvalue weighted by molar-refractivity contribution is 5.88. The molecule has 6 nitrogen and oxygen atoms in total. The van der Waals surface area contributed by atoms with Gasteiger partial charge in [0.2, 0.25) is 11.8 Å². The van der Waals surface area contributed by atoms with E-state index in [4.69, 9.17) is 5.11 Å². The minimum atomic E-state index is -0.967. The molecule has 142 valence electrons. The maximum atomic E-state index is 12.1. The van der Waals surface area contributed by atoms with Crippen LogP contribution in [0.5, 0.6) is 0 Å². The molecule has 2 amide bonds. The third-order valence-corrected chi connectivity index (χ3v) is 4.86. The minimum Gasteiger partial charge on any atom is -0.478 e. The number of nitrogens with one attached hydrogen (secondary N) is 2. The smallest absolute Gasteiger partial charge is 0.335 e. The lowest BCUT2D eigenvalue weighted by Gasteiger charge is -2.22. The van der Waals surface area contributed by atoms with Crippen molar-refractivity contribution < 1.29 is 19.5 Å². The maximum absolute atomic E-state index is 12.1. The Morgan fingerprint density at radius 3 is 2.62 bits per heavy atom. The third-order valence-electron chi connectivity index (χ3n) is 4.86. The molecular formula is C20H28N2O4. The summed E-state index contributed by atoms with van der Waals surface area (Å²) >= 11 is 0. The first-order valence-corrected chi connectivity index (χ1v) is 9.35. The zero-order valence-corrected chi connectivity index (χ0v) is 15.3. The zero-order valence-electron chi connectivity index (χ0n) is 15.3. The number of carbonyl (C=O) groups is 3. The van der Waals surface area contributed by atoms with Gasteiger partial charge in [-0.3, -0.25) is 9.59 Å². The molecule has 0 saturated heterocycles. The molecular weight excluding hydrogens is 332 g/mol. The number of benzene rings is 1. The highest BCUT2D eigenvalue weighted by atomic mass is 16.4. The molecule has 1 aliphatic rings. The van der Waals surface area contributed by atoms with Gasteiger partial charge in [-0.25, -0.2) is 4.79 Å². The number of carboxylic acid groups (broad SMARTS) is 1. The Hall–Kier alpha value is -2.37. The molecule has 2 rings (SSSR count). The van der Waals surface area contributed by atoms with Crippen molar-refractivity contribution in [2.45, 2.75) is 57.9 Å². The van der Waals surface area contributed by atoms with Crippen molar-refractivity contribution in [1.82, 2.24) is 10.6 Å². The average molecular weight is 360 g/mol. The highest BCUT2D eigenvalue weighted by Crippen LogP contribution is 2.26. The van der Waals surface area contributed by atoms with E-state index in [1.54, 1.807) is 19.1 Å². The number of amides is 2. The topological polar surface area (TPSA) is 95.5 Å². The number of rotatable bonds is 8. The largest absolute Gasteiger partial charge is 0.478 e. The molecule has 1 unspecified atom stereocenters. The molecule has 26 heavy (non-hydrogen) atoms. The highest BCUT2D eigenvalue weighted by Gasteiger charge is 2.20. The summed E-state index contributed by atoms with van der Waals surface area (Å²) in [5, 5.41) is 14.5. The van der Waals surface area contributed by atoms with E-state index >= 15 is 0 Å². The molecule has 0 aromatic heterocycles. The average Bonchev–Trinajstić information content (AvgIpc) is 2.62. The summed E-state index contributed by atoms with van der Waals surface area (Å²) in [4.78, 5) is 35.2. The van der Waals surface area contributed by atoms with Crippen LogP contribution >= 0.6 is 0 Å². The molecule has 1 aromatic rings. The van der Waals surface area contributed by atoms with Crippen LogP contribution in [0, 0.1) is 5.92 Å². The molecule has 0 spiro atoms. The van der Waals surface area contributed by atoms with Crippen LogP contribution in [-0.4, -0.2) is 35.5 Å². The fraction of sp³-hybridized carbons (Fsp3) is 0.550. The van der Waals surface area contributed by atoms with Crippen molar-refractivity contribution in [2.75, 3.05) is 6.54 Å². The predicted octanol–water partition coefficient (Wildman–Crippen LogP) is 2.52. The van der Waals surface area contributed by atoms with Crippen molar-refractivity contribution in [2.24, 2.45) is 5.92 Å². The summed E-state index contributed by atoms with van der Waals surface area (Å²) in [5.74, 6) is -0.809. The molecule has 3 N–H and O–H groups in total. The number of hydrogen-bond acceptors (Lipinski definition) is 3. The fourth-order valence-corrected chi connectivity index (χ4v) is 3.36. The molecule has 1 fully saturated rings. The van der Waals surface area contributed by atoms with Gasteiger partial charge in [0, 0.05) is 13.0 Å². The molecule has 6 heteroatoms. The van der Waals surface area contributed by atoms with Crippen LogP contribution in [0.2, 0.25) is 0 Å². The van der Waals surface area contributed by atoms with Crippen LogP contribution in [0.3, 0.4) is 0 Å². The molecule has 1 aromatic carbocycles. The van der Waals surface area contributed by atoms with Crippen molar-refractivity contribution in [3.63, 3.8) is 0 Å².